The predicted octanol–water partition coefficient (Wildman–Crippen LogP) is 2.21. The van der Waals surface area contributed by atoms with E-state index in [9.17, 15) is 9.18 Å². The minimum absolute atomic E-state index is 0.00352. The number of hydrogen-bond acceptors (Lipinski definition) is 1. The van der Waals surface area contributed by atoms with E-state index in [1.54, 1.807) is 12.1 Å². The number of nitrogens with two attached hydrogens (primary N) is 1. The second-order valence-electron chi connectivity index (χ2n) is 3.16. The van der Waals surface area contributed by atoms with Gasteiger partial charge in [-0.25, -0.2) is 4.39 Å². The highest BCUT2D eigenvalue weighted by molar-refractivity contribution is 5.93. The number of carbonyl (C=O) groups is 1. The molecule has 2 N–H and O–H groups in total. The smallest absolute Gasteiger partial charge is 0.248 e. The molecule has 0 aliphatic carbocycles. The van der Waals surface area contributed by atoms with Gasteiger partial charge in [-0.05, 0) is 29.7 Å². The standard InChI is InChI=1S/C11H12FNO/c1-3-7(2)8-4-9(11(13)14)6-10(12)5-8/h3-7H,1H2,2H3,(H2,13,14). The molecule has 3 heteroatoms. The lowest BCUT2D eigenvalue weighted by atomic mass is 9.99. The Hall–Kier alpha value is -1.64. The first kappa shape index (κ1) is 10.4. The number of amides is 1. The summed E-state index contributed by atoms with van der Waals surface area (Å²) in [4.78, 5) is 10.8. The predicted molar refractivity (Wildman–Crippen MR) is 53.5 cm³/mol. The quantitative estimate of drug-likeness (QED) is 0.735. The van der Waals surface area contributed by atoms with E-state index in [1.165, 1.54) is 6.07 Å². The molecule has 0 spiro atoms. The van der Waals surface area contributed by atoms with E-state index in [1.807, 2.05) is 6.92 Å². The summed E-state index contributed by atoms with van der Waals surface area (Å²) in [6, 6.07) is 4.08. The molecule has 1 aromatic rings. The summed E-state index contributed by atoms with van der Waals surface area (Å²) >= 11 is 0. The summed E-state index contributed by atoms with van der Waals surface area (Å²) in [5.41, 5.74) is 5.95. The van der Waals surface area contributed by atoms with Crippen molar-refractivity contribution in [1.29, 1.82) is 0 Å². The molecule has 14 heavy (non-hydrogen) atoms. The second-order valence-corrected chi connectivity index (χ2v) is 3.16. The highest BCUT2D eigenvalue weighted by Gasteiger charge is 2.08. The molecule has 0 bridgehead atoms. The van der Waals surface area contributed by atoms with Crippen molar-refractivity contribution in [3.05, 3.63) is 47.8 Å². The van der Waals surface area contributed by atoms with Gasteiger partial charge in [-0.15, -0.1) is 6.58 Å². The maximum absolute atomic E-state index is 13.0. The van der Waals surface area contributed by atoms with Crippen LogP contribution in [0, 0.1) is 5.82 Å². The van der Waals surface area contributed by atoms with Gasteiger partial charge in [-0.1, -0.05) is 13.0 Å². The lowest BCUT2D eigenvalue weighted by molar-refractivity contribution is 0.0999. The Balaban J connectivity index is 3.19. The second kappa shape index (κ2) is 4.05. The first-order chi connectivity index (χ1) is 6.54. The zero-order valence-corrected chi connectivity index (χ0v) is 7.96. The van der Waals surface area contributed by atoms with Crippen LogP contribution in [0.25, 0.3) is 0 Å². The summed E-state index contributed by atoms with van der Waals surface area (Å²) in [6.45, 7) is 5.47. The van der Waals surface area contributed by atoms with Crippen LogP contribution in [-0.2, 0) is 0 Å². The van der Waals surface area contributed by atoms with Crippen LogP contribution in [0.2, 0.25) is 0 Å². The van der Waals surface area contributed by atoms with Crippen LogP contribution in [0.3, 0.4) is 0 Å². The van der Waals surface area contributed by atoms with E-state index in [2.05, 4.69) is 6.58 Å². The fourth-order valence-corrected chi connectivity index (χ4v) is 1.15. The highest BCUT2D eigenvalue weighted by atomic mass is 19.1. The van der Waals surface area contributed by atoms with Crippen molar-refractivity contribution in [2.24, 2.45) is 5.73 Å². The average Bonchev–Trinajstić information content (AvgIpc) is 2.15. The van der Waals surface area contributed by atoms with Gasteiger partial charge in [-0.2, -0.15) is 0 Å². The molecule has 1 atom stereocenters. The van der Waals surface area contributed by atoms with Gasteiger partial charge >= 0.3 is 0 Å². The number of allylic oxidation sites excluding steroid dienone is 1. The minimum atomic E-state index is -0.623. The maximum atomic E-state index is 13.0. The molecule has 0 aliphatic rings. The Bertz CT molecular complexity index is 374. The topological polar surface area (TPSA) is 43.1 Å². The van der Waals surface area contributed by atoms with Crippen LogP contribution in [0.1, 0.15) is 28.8 Å². The van der Waals surface area contributed by atoms with E-state index in [0.29, 0.717) is 5.56 Å². The molecule has 1 rings (SSSR count). The molecule has 1 amide bonds. The Labute approximate surface area is 82.2 Å². The van der Waals surface area contributed by atoms with Gasteiger partial charge in [0.1, 0.15) is 5.82 Å². The Kier molecular flexibility index (Phi) is 3.02. The van der Waals surface area contributed by atoms with Crippen molar-refractivity contribution in [2.45, 2.75) is 12.8 Å². The molecule has 0 aromatic heterocycles. The molecule has 0 fully saturated rings. The molecule has 0 radical (unpaired) electrons. The lowest BCUT2D eigenvalue weighted by Gasteiger charge is -2.07. The molecule has 1 unspecified atom stereocenters. The van der Waals surface area contributed by atoms with Crippen molar-refractivity contribution < 1.29 is 9.18 Å². The summed E-state index contributed by atoms with van der Waals surface area (Å²) in [5.74, 6) is -1.07. The molecular formula is C11H12FNO. The van der Waals surface area contributed by atoms with Crippen LogP contribution in [0.4, 0.5) is 4.39 Å². The first-order valence-corrected chi connectivity index (χ1v) is 4.27. The fraction of sp³-hybridized carbons (Fsp3) is 0.182. The van der Waals surface area contributed by atoms with E-state index in [0.717, 1.165) is 6.07 Å². The van der Waals surface area contributed by atoms with E-state index in [4.69, 9.17) is 5.73 Å². The summed E-state index contributed by atoms with van der Waals surface area (Å²) in [6.07, 6.45) is 1.68. The maximum Gasteiger partial charge on any atom is 0.248 e. The number of benzene rings is 1. The van der Waals surface area contributed by atoms with E-state index >= 15 is 0 Å². The van der Waals surface area contributed by atoms with Crippen LogP contribution >= 0.6 is 0 Å². The number of rotatable bonds is 3. The van der Waals surface area contributed by atoms with Gasteiger partial charge in [0, 0.05) is 5.56 Å². The van der Waals surface area contributed by atoms with Crippen molar-refractivity contribution in [3.8, 4) is 0 Å². The van der Waals surface area contributed by atoms with Gasteiger partial charge in [0.25, 0.3) is 0 Å². The van der Waals surface area contributed by atoms with Gasteiger partial charge in [-0.3, -0.25) is 4.79 Å². The highest BCUT2D eigenvalue weighted by Crippen LogP contribution is 2.18. The van der Waals surface area contributed by atoms with Crippen molar-refractivity contribution >= 4 is 5.91 Å². The zero-order chi connectivity index (χ0) is 10.7. The zero-order valence-electron chi connectivity index (χ0n) is 7.96. The normalized spacial score (nSPS) is 12.1. The Morgan fingerprint density at radius 1 is 1.57 bits per heavy atom. The Morgan fingerprint density at radius 3 is 2.71 bits per heavy atom. The first-order valence-electron chi connectivity index (χ1n) is 4.27. The largest absolute Gasteiger partial charge is 0.366 e. The van der Waals surface area contributed by atoms with Crippen molar-refractivity contribution in [1.82, 2.24) is 0 Å². The van der Waals surface area contributed by atoms with Gasteiger partial charge in [0.2, 0.25) is 5.91 Å². The molecular weight excluding hydrogens is 181 g/mol. The van der Waals surface area contributed by atoms with Gasteiger partial charge in [0.05, 0.1) is 0 Å². The lowest BCUT2D eigenvalue weighted by Crippen LogP contribution is -2.11. The third-order valence-corrected chi connectivity index (χ3v) is 2.08. The van der Waals surface area contributed by atoms with Gasteiger partial charge in [0.15, 0.2) is 0 Å². The van der Waals surface area contributed by atoms with Crippen LogP contribution in [0.5, 0.6) is 0 Å². The third-order valence-electron chi connectivity index (χ3n) is 2.08. The molecule has 0 aliphatic heterocycles. The molecule has 0 saturated carbocycles. The number of halogens is 1. The number of carbonyl (C=O) groups excluding carboxylic acids is 1. The number of hydrogen-bond donors (Lipinski definition) is 1. The number of primary amides is 1. The summed E-state index contributed by atoms with van der Waals surface area (Å²) in [7, 11) is 0. The van der Waals surface area contributed by atoms with Crippen molar-refractivity contribution in [3.63, 3.8) is 0 Å². The molecule has 0 saturated heterocycles. The van der Waals surface area contributed by atoms with Crippen molar-refractivity contribution in [2.75, 3.05) is 0 Å². The fourth-order valence-electron chi connectivity index (χ4n) is 1.15. The van der Waals surface area contributed by atoms with E-state index in [-0.39, 0.29) is 11.5 Å². The van der Waals surface area contributed by atoms with Crippen LogP contribution < -0.4 is 5.73 Å². The SMILES string of the molecule is C=CC(C)c1cc(F)cc(C(N)=O)c1. The Morgan fingerprint density at radius 2 is 2.21 bits per heavy atom. The minimum Gasteiger partial charge on any atom is -0.366 e. The summed E-state index contributed by atoms with van der Waals surface area (Å²) < 4.78 is 13.0. The molecule has 1 aromatic carbocycles. The third kappa shape index (κ3) is 2.19. The molecule has 74 valence electrons. The van der Waals surface area contributed by atoms with Crippen LogP contribution in [0.15, 0.2) is 30.9 Å². The molecule has 0 heterocycles. The summed E-state index contributed by atoms with van der Waals surface area (Å²) in [5, 5.41) is 0. The average molecular weight is 193 g/mol. The monoisotopic (exact) mass is 193 g/mol. The van der Waals surface area contributed by atoms with E-state index < -0.39 is 11.7 Å². The molecule has 2 nitrogen and oxygen atoms in total. The van der Waals surface area contributed by atoms with Gasteiger partial charge < -0.3 is 5.73 Å². The van der Waals surface area contributed by atoms with Crippen LogP contribution in [-0.4, -0.2) is 5.91 Å².